The molecule has 0 saturated carbocycles. The number of hydrogen-bond acceptors (Lipinski definition) is 9. The van der Waals surface area contributed by atoms with E-state index in [0.29, 0.717) is 41.0 Å². The van der Waals surface area contributed by atoms with E-state index in [0.717, 1.165) is 17.1 Å². The van der Waals surface area contributed by atoms with Gasteiger partial charge in [-0.1, -0.05) is 11.8 Å². The molecule has 2 aliphatic rings. The fraction of sp³-hybridized carbons (Fsp3) is 0.409. The maximum Gasteiger partial charge on any atom is 0.277 e. The van der Waals surface area contributed by atoms with Crippen molar-refractivity contribution >= 4 is 27.4 Å². The smallest absolute Gasteiger partial charge is 0.277 e. The average molecular weight is 490 g/mol. The van der Waals surface area contributed by atoms with Gasteiger partial charge in [0, 0.05) is 35.1 Å². The topological polar surface area (TPSA) is 114 Å². The van der Waals surface area contributed by atoms with Gasteiger partial charge in [0.1, 0.15) is 0 Å². The van der Waals surface area contributed by atoms with Crippen LogP contribution in [0.2, 0.25) is 0 Å². The Morgan fingerprint density at radius 3 is 2.79 bits per heavy atom. The first-order chi connectivity index (χ1) is 15.8. The summed E-state index contributed by atoms with van der Waals surface area (Å²) in [4.78, 5) is 12.9. The lowest BCUT2D eigenvalue weighted by atomic mass is 10.1. The molecule has 2 aliphatic heterocycles. The number of thioether (sulfide) groups is 1. The van der Waals surface area contributed by atoms with Crippen LogP contribution in [0.1, 0.15) is 34.1 Å². The molecule has 0 aliphatic carbocycles. The number of ketones is 1. The number of fused-ring (bicyclic) bond motifs is 1. The second kappa shape index (κ2) is 8.53. The number of ether oxygens (including phenoxy) is 2. The second-order valence-corrected chi connectivity index (χ2v) is 11.5. The van der Waals surface area contributed by atoms with E-state index in [-0.39, 0.29) is 35.8 Å². The summed E-state index contributed by atoms with van der Waals surface area (Å²) in [6, 6.07) is 7.58. The summed E-state index contributed by atoms with van der Waals surface area (Å²) in [5, 5.41) is 8.32. The standard InChI is InChI=1S/C22H23N3O6S2/c1-13-7-17(14(2)25(13)16-3-4-19-20(9-16)30-12-29-19)18(26)10-32-22-24-23-21(31-22)8-15-5-6-33(27,28)11-15/h3-4,7,9,15H,5-6,8,10-12H2,1-2H3. The highest BCUT2D eigenvalue weighted by atomic mass is 32.2. The Morgan fingerprint density at radius 2 is 2.00 bits per heavy atom. The SMILES string of the molecule is Cc1cc(C(=O)CSc2nnc(CC3CCS(=O)(=O)C3)o2)c(C)n1-c1ccc2c(c1)OCO2. The third-order valence-corrected chi connectivity index (χ3v) is 8.57. The number of carbonyl (C=O) groups is 1. The lowest BCUT2D eigenvalue weighted by Gasteiger charge is -2.10. The van der Waals surface area contributed by atoms with Crippen molar-refractivity contribution in [3.8, 4) is 17.2 Å². The maximum atomic E-state index is 12.9. The zero-order valence-electron chi connectivity index (χ0n) is 18.2. The van der Waals surface area contributed by atoms with Crippen molar-refractivity contribution in [2.45, 2.75) is 31.9 Å². The number of Topliss-reactive ketones (excluding diaryl/α,β-unsaturated/α-hetero) is 1. The Balaban J connectivity index is 1.25. The van der Waals surface area contributed by atoms with Crippen LogP contribution in [-0.2, 0) is 16.3 Å². The van der Waals surface area contributed by atoms with Gasteiger partial charge in [0.15, 0.2) is 27.1 Å². The summed E-state index contributed by atoms with van der Waals surface area (Å²) in [6.45, 7) is 4.07. The van der Waals surface area contributed by atoms with Crippen LogP contribution in [0.25, 0.3) is 5.69 Å². The van der Waals surface area contributed by atoms with Gasteiger partial charge in [-0.3, -0.25) is 4.79 Å². The van der Waals surface area contributed by atoms with Crippen LogP contribution in [0.3, 0.4) is 0 Å². The van der Waals surface area contributed by atoms with E-state index in [2.05, 4.69) is 10.2 Å². The Kier molecular flexibility index (Phi) is 5.69. The van der Waals surface area contributed by atoms with E-state index in [4.69, 9.17) is 13.9 Å². The highest BCUT2D eigenvalue weighted by Gasteiger charge is 2.29. The average Bonchev–Trinajstić information content (AvgIpc) is 3.54. The first kappa shape index (κ1) is 22.0. The lowest BCUT2D eigenvalue weighted by molar-refractivity contribution is 0.102. The molecule has 1 unspecified atom stereocenters. The van der Waals surface area contributed by atoms with E-state index in [1.54, 1.807) is 0 Å². The van der Waals surface area contributed by atoms with Gasteiger partial charge in [0.2, 0.25) is 12.7 Å². The molecule has 1 atom stereocenters. The van der Waals surface area contributed by atoms with Gasteiger partial charge in [-0.05, 0) is 44.4 Å². The van der Waals surface area contributed by atoms with E-state index in [1.165, 1.54) is 11.8 Å². The molecule has 1 saturated heterocycles. The monoisotopic (exact) mass is 489 g/mol. The Labute approximate surface area is 195 Å². The quantitative estimate of drug-likeness (QED) is 0.365. The molecule has 0 N–H and O–H groups in total. The van der Waals surface area contributed by atoms with Crippen LogP contribution in [0.5, 0.6) is 11.5 Å². The summed E-state index contributed by atoms with van der Waals surface area (Å²) >= 11 is 1.18. The fourth-order valence-corrected chi connectivity index (χ4v) is 6.86. The minimum Gasteiger partial charge on any atom is -0.454 e. The summed E-state index contributed by atoms with van der Waals surface area (Å²) in [5.41, 5.74) is 3.31. The largest absolute Gasteiger partial charge is 0.454 e. The molecule has 33 heavy (non-hydrogen) atoms. The van der Waals surface area contributed by atoms with Gasteiger partial charge in [-0.25, -0.2) is 8.42 Å². The van der Waals surface area contributed by atoms with Crippen molar-refractivity contribution in [3.05, 3.63) is 47.1 Å². The van der Waals surface area contributed by atoms with E-state index in [9.17, 15) is 13.2 Å². The minimum absolute atomic E-state index is 0.0106. The third kappa shape index (κ3) is 4.51. The van der Waals surface area contributed by atoms with E-state index in [1.807, 2.05) is 42.7 Å². The number of rotatable bonds is 7. The normalized spacial score (nSPS) is 18.7. The molecule has 5 rings (SSSR count). The number of nitrogens with zero attached hydrogens (tertiary/aromatic N) is 3. The Hall–Kier alpha value is -2.79. The number of benzene rings is 1. The van der Waals surface area contributed by atoms with E-state index < -0.39 is 9.84 Å². The summed E-state index contributed by atoms with van der Waals surface area (Å²) in [7, 11) is -2.94. The maximum absolute atomic E-state index is 12.9. The number of aryl methyl sites for hydroxylation is 1. The van der Waals surface area contributed by atoms with Crippen molar-refractivity contribution in [2.24, 2.45) is 5.92 Å². The lowest BCUT2D eigenvalue weighted by Crippen LogP contribution is -2.07. The first-order valence-corrected chi connectivity index (χ1v) is 13.4. The van der Waals surface area contributed by atoms with Crippen molar-refractivity contribution in [3.63, 3.8) is 0 Å². The molecular formula is C22H23N3O6S2. The number of sulfone groups is 1. The van der Waals surface area contributed by atoms with Crippen molar-refractivity contribution in [2.75, 3.05) is 24.1 Å². The molecule has 4 heterocycles. The predicted octanol–water partition coefficient (Wildman–Crippen LogP) is 3.16. The first-order valence-electron chi connectivity index (χ1n) is 10.6. The zero-order chi connectivity index (χ0) is 23.2. The molecule has 0 spiro atoms. The second-order valence-electron chi connectivity index (χ2n) is 8.30. The molecule has 0 bridgehead atoms. The van der Waals surface area contributed by atoms with Crippen LogP contribution in [-0.4, -0.2) is 53.0 Å². The van der Waals surface area contributed by atoms with Crippen LogP contribution in [0, 0.1) is 19.8 Å². The van der Waals surface area contributed by atoms with Crippen LogP contribution < -0.4 is 9.47 Å². The molecule has 0 amide bonds. The van der Waals surface area contributed by atoms with E-state index >= 15 is 0 Å². The van der Waals surface area contributed by atoms with Gasteiger partial charge in [-0.2, -0.15) is 0 Å². The summed E-state index contributed by atoms with van der Waals surface area (Å²) in [5.74, 6) is 2.31. The molecule has 2 aromatic heterocycles. The van der Waals surface area contributed by atoms with Crippen LogP contribution >= 0.6 is 11.8 Å². The molecule has 0 radical (unpaired) electrons. The van der Waals surface area contributed by atoms with Crippen LogP contribution in [0.15, 0.2) is 33.9 Å². The minimum atomic E-state index is -2.94. The molecule has 174 valence electrons. The van der Waals surface area contributed by atoms with Gasteiger partial charge < -0.3 is 18.5 Å². The molecule has 3 aromatic rings. The van der Waals surface area contributed by atoms with Gasteiger partial charge in [0.05, 0.1) is 17.3 Å². The highest BCUT2D eigenvalue weighted by molar-refractivity contribution is 7.99. The Morgan fingerprint density at radius 1 is 1.18 bits per heavy atom. The molecule has 1 aromatic carbocycles. The number of hydrogen-bond donors (Lipinski definition) is 0. The molecule has 9 nitrogen and oxygen atoms in total. The van der Waals surface area contributed by atoms with Gasteiger partial charge in [0.25, 0.3) is 5.22 Å². The van der Waals surface area contributed by atoms with Crippen LogP contribution in [0.4, 0.5) is 0 Å². The number of aromatic nitrogens is 3. The predicted molar refractivity (Wildman–Crippen MR) is 121 cm³/mol. The van der Waals surface area contributed by atoms with Crippen molar-refractivity contribution < 1.29 is 27.1 Å². The molecular weight excluding hydrogens is 466 g/mol. The summed E-state index contributed by atoms with van der Waals surface area (Å²) in [6.07, 6.45) is 1.06. The molecule has 1 fully saturated rings. The fourth-order valence-electron chi connectivity index (χ4n) is 4.33. The van der Waals surface area contributed by atoms with Crippen molar-refractivity contribution in [1.82, 2.24) is 14.8 Å². The summed E-state index contributed by atoms with van der Waals surface area (Å²) < 4.78 is 41.7. The van der Waals surface area contributed by atoms with Gasteiger partial charge >= 0.3 is 0 Å². The van der Waals surface area contributed by atoms with Gasteiger partial charge in [-0.15, -0.1) is 10.2 Å². The zero-order valence-corrected chi connectivity index (χ0v) is 19.9. The number of carbonyl (C=O) groups excluding carboxylic acids is 1. The van der Waals surface area contributed by atoms with Crippen molar-refractivity contribution in [1.29, 1.82) is 0 Å². The molecule has 11 heteroatoms. The Bertz CT molecular complexity index is 1330. The third-order valence-electron chi connectivity index (χ3n) is 5.91. The highest BCUT2D eigenvalue weighted by Crippen LogP contribution is 2.35.